The highest BCUT2D eigenvalue weighted by Crippen LogP contribution is 2.24. The molecule has 0 heterocycles. The molecule has 0 saturated carbocycles. The number of carbonyl (C=O) groups excluding carboxylic acids is 1. The quantitative estimate of drug-likeness (QED) is 0.695. The average Bonchev–Trinajstić information content (AvgIpc) is 2.43. The van der Waals surface area contributed by atoms with Crippen LogP contribution in [0.25, 0.3) is 0 Å². The van der Waals surface area contributed by atoms with Gasteiger partial charge in [0.1, 0.15) is 17.4 Å². The molecule has 2 rings (SSSR count). The van der Waals surface area contributed by atoms with E-state index in [4.69, 9.17) is 10.5 Å². The van der Waals surface area contributed by atoms with E-state index in [1.165, 1.54) is 13.2 Å². The fourth-order valence-corrected chi connectivity index (χ4v) is 1.72. The number of hydrogen-bond donors (Lipinski definition) is 1. The molecular formula is C14H10F3NO2. The number of ketones is 1. The smallest absolute Gasteiger partial charge is 0.201 e. The Labute approximate surface area is 112 Å². The Balaban J connectivity index is 2.55. The van der Waals surface area contributed by atoms with E-state index in [1.54, 1.807) is 0 Å². The van der Waals surface area contributed by atoms with Crippen LogP contribution in [0.1, 0.15) is 15.9 Å². The zero-order valence-electron chi connectivity index (χ0n) is 10.4. The van der Waals surface area contributed by atoms with Gasteiger partial charge in [0.2, 0.25) is 5.78 Å². The summed E-state index contributed by atoms with van der Waals surface area (Å²) in [5, 5.41) is 0. The van der Waals surface area contributed by atoms with Crippen LogP contribution in [0.5, 0.6) is 5.75 Å². The molecule has 6 heteroatoms. The lowest BCUT2D eigenvalue weighted by atomic mass is 10.0. The van der Waals surface area contributed by atoms with E-state index in [0.717, 1.165) is 24.3 Å². The van der Waals surface area contributed by atoms with Crippen molar-refractivity contribution in [2.45, 2.75) is 0 Å². The highest BCUT2D eigenvalue weighted by Gasteiger charge is 2.23. The largest absolute Gasteiger partial charge is 0.497 e. The molecule has 0 aliphatic heterocycles. The lowest BCUT2D eigenvalue weighted by Crippen LogP contribution is -2.11. The number of methoxy groups -OCH3 is 1. The molecular weight excluding hydrogens is 271 g/mol. The SMILES string of the molecule is COc1ccc(C(=O)c2c(F)ccc(N)c2F)c(F)c1. The summed E-state index contributed by atoms with van der Waals surface area (Å²) in [5.41, 5.74) is 3.55. The topological polar surface area (TPSA) is 52.3 Å². The van der Waals surface area contributed by atoms with Crippen LogP contribution in [0.15, 0.2) is 30.3 Å². The molecule has 3 nitrogen and oxygen atoms in total. The average molecular weight is 281 g/mol. The van der Waals surface area contributed by atoms with Gasteiger partial charge in [-0.1, -0.05) is 0 Å². The lowest BCUT2D eigenvalue weighted by Gasteiger charge is -2.08. The van der Waals surface area contributed by atoms with Crippen LogP contribution in [-0.2, 0) is 0 Å². The third kappa shape index (κ3) is 2.32. The third-order valence-corrected chi connectivity index (χ3v) is 2.77. The molecule has 0 radical (unpaired) electrons. The Morgan fingerprint density at radius 3 is 2.40 bits per heavy atom. The van der Waals surface area contributed by atoms with Crippen molar-refractivity contribution in [1.82, 2.24) is 0 Å². The van der Waals surface area contributed by atoms with Gasteiger partial charge in [0, 0.05) is 6.07 Å². The van der Waals surface area contributed by atoms with Crippen LogP contribution in [0.3, 0.4) is 0 Å². The minimum absolute atomic E-state index is 0.188. The van der Waals surface area contributed by atoms with Gasteiger partial charge in [-0.3, -0.25) is 4.79 Å². The molecule has 2 aromatic rings. The zero-order chi connectivity index (χ0) is 14.9. The van der Waals surface area contributed by atoms with Crippen LogP contribution in [0.4, 0.5) is 18.9 Å². The van der Waals surface area contributed by atoms with Gasteiger partial charge < -0.3 is 10.5 Å². The molecule has 0 aliphatic carbocycles. The number of rotatable bonds is 3. The molecule has 0 amide bonds. The molecule has 0 bridgehead atoms. The number of benzene rings is 2. The van der Waals surface area contributed by atoms with Crippen LogP contribution < -0.4 is 10.5 Å². The summed E-state index contributed by atoms with van der Waals surface area (Å²) in [4.78, 5) is 12.0. The second kappa shape index (κ2) is 5.24. The molecule has 0 aromatic heterocycles. The normalized spacial score (nSPS) is 10.4. The van der Waals surface area contributed by atoms with Gasteiger partial charge in [-0.25, -0.2) is 13.2 Å². The van der Waals surface area contributed by atoms with Crippen LogP contribution in [0.2, 0.25) is 0 Å². The number of hydrogen-bond acceptors (Lipinski definition) is 3. The molecule has 104 valence electrons. The van der Waals surface area contributed by atoms with Crippen molar-refractivity contribution in [3.8, 4) is 5.75 Å². The van der Waals surface area contributed by atoms with Gasteiger partial charge in [-0.15, -0.1) is 0 Å². The van der Waals surface area contributed by atoms with Crippen molar-refractivity contribution in [1.29, 1.82) is 0 Å². The first-order valence-corrected chi connectivity index (χ1v) is 5.57. The standard InChI is InChI=1S/C14H10F3NO2/c1-20-7-2-3-8(10(16)6-7)14(19)12-9(15)4-5-11(18)13(12)17/h2-6H,18H2,1H3. The molecule has 0 atom stereocenters. The Morgan fingerprint density at radius 1 is 1.10 bits per heavy atom. The van der Waals surface area contributed by atoms with Gasteiger partial charge in [-0.2, -0.15) is 0 Å². The number of halogens is 3. The third-order valence-electron chi connectivity index (χ3n) is 2.77. The van der Waals surface area contributed by atoms with E-state index >= 15 is 0 Å². The van der Waals surface area contributed by atoms with Crippen molar-refractivity contribution in [2.75, 3.05) is 12.8 Å². The Bertz CT molecular complexity index is 686. The number of ether oxygens (including phenoxy) is 1. The van der Waals surface area contributed by atoms with E-state index in [0.29, 0.717) is 0 Å². The summed E-state index contributed by atoms with van der Waals surface area (Å²) in [7, 11) is 1.33. The second-order valence-corrected chi connectivity index (χ2v) is 4.00. The van der Waals surface area contributed by atoms with Crippen molar-refractivity contribution in [2.24, 2.45) is 0 Å². The predicted octanol–water partition coefficient (Wildman–Crippen LogP) is 2.93. The summed E-state index contributed by atoms with van der Waals surface area (Å²) in [6.45, 7) is 0. The van der Waals surface area contributed by atoms with E-state index < -0.39 is 34.4 Å². The molecule has 0 spiro atoms. The molecule has 0 aliphatic rings. The maximum atomic E-state index is 13.8. The van der Waals surface area contributed by atoms with Crippen LogP contribution in [-0.4, -0.2) is 12.9 Å². The van der Waals surface area contributed by atoms with E-state index in [1.807, 2.05) is 0 Å². The second-order valence-electron chi connectivity index (χ2n) is 4.00. The first kappa shape index (κ1) is 13.9. The first-order chi connectivity index (χ1) is 9.45. The van der Waals surface area contributed by atoms with E-state index in [2.05, 4.69) is 0 Å². The van der Waals surface area contributed by atoms with E-state index in [-0.39, 0.29) is 11.4 Å². The van der Waals surface area contributed by atoms with Gasteiger partial charge in [0.15, 0.2) is 5.82 Å². The minimum Gasteiger partial charge on any atom is -0.497 e. The lowest BCUT2D eigenvalue weighted by molar-refractivity contribution is 0.102. The highest BCUT2D eigenvalue weighted by atomic mass is 19.1. The van der Waals surface area contributed by atoms with Gasteiger partial charge >= 0.3 is 0 Å². The van der Waals surface area contributed by atoms with Crippen molar-refractivity contribution >= 4 is 11.5 Å². The Kier molecular flexibility index (Phi) is 3.65. The van der Waals surface area contributed by atoms with E-state index in [9.17, 15) is 18.0 Å². The van der Waals surface area contributed by atoms with Crippen molar-refractivity contribution in [3.63, 3.8) is 0 Å². The van der Waals surface area contributed by atoms with Crippen LogP contribution >= 0.6 is 0 Å². The number of nitrogens with two attached hydrogens (primary N) is 1. The van der Waals surface area contributed by atoms with Crippen molar-refractivity contribution in [3.05, 3.63) is 58.9 Å². The summed E-state index contributed by atoms with van der Waals surface area (Å²) < 4.78 is 45.9. The maximum absolute atomic E-state index is 13.8. The Morgan fingerprint density at radius 2 is 1.80 bits per heavy atom. The summed E-state index contributed by atoms with van der Waals surface area (Å²) in [6, 6.07) is 5.21. The molecule has 0 saturated heterocycles. The van der Waals surface area contributed by atoms with Gasteiger partial charge in [0.05, 0.1) is 23.9 Å². The molecule has 2 aromatic carbocycles. The number of anilines is 1. The fourth-order valence-electron chi connectivity index (χ4n) is 1.72. The molecule has 0 fully saturated rings. The van der Waals surface area contributed by atoms with Gasteiger partial charge in [0.25, 0.3) is 0 Å². The number of nitrogen functional groups attached to an aromatic ring is 1. The monoisotopic (exact) mass is 281 g/mol. The fraction of sp³-hybridized carbons (Fsp3) is 0.0714. The van der Waals surface area contributed by atoms with Crippen LogP contribution in [0, 0.1) is 17.5 Å². The predicted molar refractivity (Wildman–Crippen MR) is 67.2 cm³/mol. The summed E-state index contributed by atoms with van der Waals surface area (Å²) in [6.07, 6.45) is 0. The van der Waals surface area contributed by atoms with Gasteiger partial charge in [-0.05, 0) is 24.3 Å². The summed E-state index contributed by atoms with van der Waals surface area (Å²) in [5.74, 6) is -4.17. The molecule has 0 unspecified atom stereocenters. The zero-order valence-corrected chi connectivity index (χ0v) is 10.4. The number of carbonyl (C=O) groups is 1. The highest BCUT2D eigenvalue weighted by molar-refractivity contribution is 6.10. The Hall–Kier alpha value is -2.50. The minimum atomic E-state index is -1.20. The first-order valence-electron chi connectivity index (χ1n) is 5.57. The van der Waals surface area contributed by atoms with Crippen molar-refractivity contribution < 1.29 is 22.7 Å². The maximum Gasteiger partial charge on any atom is 0.201 e. The summed E-state index contributed by atoms with van der Waals surface area (Å²) >= 11 is 0. The molecule has 2 N–H and O–H groups in total. The molecule has 20 heavy (non-hydrogen) atoms.